The van der Waals surface area contributed by atoms with Gasteiger partial charge in [0.25, 0.3) is 0 Å². The van der Waals surface area contributed by atoms with Gasteiger partial charge in [-0.1, -0.05) is 46.3 Å². The largest absolute Gasteiger partial charge is 0.492 e. The summed E-state index contributed by atoms with van der Waals surface area (Å²) in [6.07, 6.45) is 0. The van der Waals surface area contributed by atoms with Crippen molar-refractivity contribution < 1.29 is 17.9 Å². The van der Waals surface area contributed by atoms with E-state index >= 15 is 0 Å². The fourth-order valence-electron chi connectivity index (χ4n) is 2.54. The standard InChI is InChI=1S/C20H20BrN3O4S/c1-2-27-18-10-8-16(21)14-19(18)29(25,26)22-12-13-28-20-11-9-17(23-24-20)15-6-4-3-5-7-15/h3-11,14,22H,2,12-13H2,1H3. The highest BCUT2D eigenvalue weighted by molar-refractivity contribution is 9.10. The SMILES string of the molecule is CCOc1ccc(Br)cc1S(=O)(=O)NCCOc1ccc(-c2ccccc2)nn1. The van der Waals surface area contributed by atoms with Crippen LogP contribution in [-0.4, -0.2) is 38.4 Å². The molecular weight excluding hydrogens is 458 g/mol. The third kappa shape index (κ3) is 5.75. The summed E-state index contributed by atoms with van der Waals surface area (Å²) in [7, 11) is -3.75. The van der Waals surface area contributed by atoms with Crippen molar-refractivity contribution >= 4 is 26.0 Å². The Kier molecular flexibility index (Phi) is 7.18. The monoisotopic (exact) mass is 477 g/mol. The van der Waals surface area contributed by atoms with E-state index in [1.165, 1.54) is 6.07 Å². The van der Waals surface area contributed by atoms with Gasteiger partial charge in [0.15, 0.2) is 0 Å². The van der Waals surface area contributed by atoms with Gasteiger partial charge in [0.1, 0.15) is 17.3 Å². The van der Waals surface area contributed by atoms with Crippen molar-refractivity contribution in [1.29, 1.82) is 0 Å². The Bertz CT molecular complexity index is 1050. The van der Waals surface area contributed by atoms with Crippen molar-refractivity contribution in [3.8, 4) is 22.9 Å². The Morgan fingerprint density at radius 2 is 1.79 bits per heavy atom. The van der Waals surface area contributed by atoms with Crippen LogP contribution in [-0.2, 0) is 10.0 Å². The molecule has 0 aliphatic rings. The van der Waals surface area contributed by atoms with Gasteiger partial charge < -0.3 is 9.47 Å². The molecular formula is C20H20BrN3O4S. The fraction of sp³-hybridized carbons (Fsp3) is 0.200. The molecule has 29 heavy (non-hydrogen) atoms. The van der Waals surface area contributed by atoms with Gasteiger partial charge in [-0.25, -0.2) is 13.1 Å². The highest BCUT2D eigenvalue weighted by Crippen LogP contribution is 2.27. The van der Waals surface area contributed by atoms with E-state index in [-0.39, 0.29) is 18.0 Å². The maximum Gasteiger partial charge on any atom is 0.244 e. The summed E-state index contributed by atoms with van der Waals surface area (Å²) in [6, 6.07) is 18.0. The maximum absolute atomic E-state index is 12.6. The van der Waals surface area contributed by atoms with E-state index < -0.39 is 10.0 Å². The van der Waals surface area contributed by atoms with Gasteiger partial charge >= 0.3 is 0 Å². The quantitative estimate of drug-likeness (QED) is 0.472. The van der Waals surface area contributed by atoms with Crippen LogP contribution in [0.25, 0.3) is 11.3 Å². The number of halogens is 1. The van der Waals surface area contributed by atoms with E-state index in [0.717, 1.165) is 11.3 Å². The number of nitrogens with one attached hydrogen (secondary N) is 1. The molecule has 3 rings (SSSR count). The summed E-state index contributed by atoms with van der Waals surface area (Å²) in [5.41, 5.74) is 1.69. The average Bonchev–Trinajstić information content (AvgIpc) is 2.74. The number of ether oxygens (including phenoxy) is 2. The molecule has 7 nitrogen and oxygen atoms in total. The van der Waals surface area contributed by atoms with Crippen molar-refractivity contribution in [2.45, 2.75) is 11.8 Å². The van der Waals surface area contributed by atoms with E-state index in [2.05, 4.69) is 30.8 Å². The molecule has 0 unspecified atom stereocenters. The molecule has 1 aromatic heterocycles. The van der Waals surface area contributed by atoms with Gasteiger partial charge in [-0.2, -0.15) is 0 Å². The van der Waals surface area contributed by atoms with Crippen LogP contribution < -0.4 is 14.2 Å². The summed E-state index contributed by atoms with van der Waals surface area (Å²) in [5, 5.41) is 8.15. The smallest absolute Gasteiger partial charge is 0.244 e. The van der Waals surface area contributed by atoms with Crippen molar-refractivity contribution in [2.24, 2.45) is 0 Å². The minimum atomic E-state index is -3.75. The Morgan fingerprint density at radius 1 is 1.00 bits per heavy atom. The van der Waals surface area contributed by atoms with Crippen LogP contribution in [0.3, 0.4) is 0 Å². The zero-order valence-corrected chi connectivity index (χ0v) is 18.1. The van der Waals surface area contributed by atoms with Crippen molar-refractivity contribution in [3.05, 3.63) is 65.1 Å². The molecule has 0 bridgehead atoms. The summed E-state index contributed by atoms with van der Waals surface area (Å²) >= 11 is 3.29. The van der Waals surface area contributed by atoms with Crippen molar-refractivity contribution in [1.82, 2.24) is 14.9 Å². The topological polar surface area (TPSA) is 90.4 Å². The summed E-state index contributed by atoms with van der Waals surface area (Å²) in [4.78, 5) is 0.0701. The van der Waals surface area contributed by atoms with Gasteiger partial charge in [0.05, 0.1) is 12.3 Å². The number of rotatable bonds is 9. The Labute approximate surface area is 178 Å². The minimum Gasteiger partial charge on any atom is -0.492 e. The first-order chi connectivity index (χ1) is 14.0. The third-order valence-electron chi connectivity index (χ3n) is 3.85. The van der Waals surface area contributed by atoms with E-state index in [1.54, 1.807) is 31.2 Å². The molecule has 0 saturated heterocycles. The molecule has 0 aliphatic carbocycles. The maximum atomic E-state index is 12.6. The number of sulfonamides is 1. The second kappa shape index (κ2) is 9.82. The highest BCUT2D eigenvalue weighted by atomic mass is 79.9. The van der Waals surface area contributed by atoms with E-state index in [9.17, 15) is 8.42 Å². The predicted octanol–water partition coefficient (Wildman–Crippen LogP) is 3.66. The average molecular weight is 478 g/mol. The Morgan fingerprint density at radius 3 is 2.48 bits per heavy atom. The predicted molar refractivity (Wildman–Crippen MR) is 113 cm³/mol. The Hall–Kier alpha value is -2.49. The highest BCUT2D eigenvalue weighted by Gasteiger charge is 2.19. The molecule has 1 heterocycles. The molecule has 3 aromatic rings. The normalized spacial score (nSPS) is 11.2. The van der Waals surface area contributed by atoms with Crippen LogP contribution in [0, 0.1) is 0 Å². The van der Waals surface area contributed by atoms with Crippen LogP contribution in [0.15, 0.2) is 70.0 Å². The number of aromatic nitrogens is 2. The first kappa shape index (κ1) is 21.2. The van der Waals surface area contributed by atoms with Crippen LogP contribution in [0.5, 0.6) is 11.6 Å². The molecule has 0 fully saturated rings. The molecule has 0 spiro atoms. The zero-order chi connectivity index (χ0) is 20.7. The van der Waals surface area contributed by atoms with E-state index in [0.29, 0.717) is 22.7 Å². The molecule has 152 valence electrons. The van der Waals surface area contributed by atoms with E-state index in [4.69, 9.17) is 9.47 Å². The van der Waals surface area contributed by atoms with Gasteiger partial charge in [-0.15, -0.1) is 10.2 Å². The lowest BCUT2D eigenvalue weighted by Gasteiger charge is -2.12. The van der Waals surface area contributed by atoms with Gasteiger partial charge in [-0.05, 0) is 31.2 Å². The van der Waals surface area contributed by atoms with Gasteiger partial charge in [0.2, 0.25) is 15.9 Å². The molecule has 0 atom stereocenters. The van der Waals surface area contributed by atoms with Crippen LogP contribution in [0.1, 0.15) is 6.92 Å². The van der Waals surface area contributed by atoms with Crippen LogP contribution in [0.4, 0.5) is 0 Å². The minimum absolute atomic E-state index is 0.0701. The first-order valence-electron chi connectivity index (χ1n) is 8.93. The van der Waals surface area contributed by atoms with Crippen LogP contribution >= 0.6 is 15.9 Å². The molecule has 0 saturated carbocycles. The van der Waals surface area contributed by atoms with Gasteiger partial charge in [0, 0.05) is 22.6 Å². The molecule has 1 N–H and O–H groups in total. The second-order valence-corrected chi connectivity index (χ2v) is 8.54. The molecule has 9 heteroatoms. The summed E-state index contributed by atoms with van der Waals surface area (Å²) < 4.78 is 39.2. The fourth-order valence-corrected chi connectivity index (χ4v) is 4.23. The first-order valence-corrected chi connectivity index (χ1v) is 11.2. The lowest BCUT2D eigenvalue weighted by atomic mass is 10.1. The number of hydrogen-bond acceptors (Lipinski definition) is 6. The second-order valence-electron chi connectivity index (χ2n) is 5.89. The number of nitrogens with zero attached hydrogens (tertiary/aromatic N) is 2. The number of hydrogen-bond donors (Lipinski definition) is 1. The molecule has 0 aliphatic heterocycles. The van der Waals surface area contributed by atoms with Gasteiger partial charge in [-0.3, -0.25) is 0 Å². The third-order valence-corrected chi connectivity index (χ3v) is 5.82. The summed E-state index contributed by atoms with van der Waals surface area (Å²) in [6.45, 7) is 2.34. The molecule has 0 radical (unpaired) electrons. The molecule has 2 aromatic carbocycles. The lowest BCUT2D eigenvalue weighted by Crippen LogP contribution is -2.28. The van der Waals surface area contributed by atoms with Crippen molar-refractivity contribution in [2.75, 3.05) is 19.8 Å². The summed E-state index contributed by atoms with van der Waals surface area (Å²) in [5.74, 6) is 0.618. The van der Waals surface area contributed by atoms with E-state index in [1.807, 2.05) is 30.3 Å². The Balaban J connectivity index is 1.57. The van der Waals surface area contributed by atoms with Crippen LogP contribution in [0.2, 0.25) is 0 Å². The molecule has 0 amide bonds. The lowest BCUT2D eigenvalue weighted by molar-refractivity contribution is 0.306. The van der Waals surface area contributed by atoms with Crippen molar-refractivity contribution in [3.63, 3.8) is 0 Å². The number of benzene rings is 2. The zero-order valence-electron chi connectivity index (χ0n) is 15.7.